The van der Waals surface area contributed by atoms with Gasteiger partial charge in [-0.1, -0.05) is 43.7 Å². The van der Waals surface area contributed by atoms with Crippen LogP contribution in [-0.4, -0.2) is 60.2 Å². The molecule has 1 heterocycles. The molecule has 1 aliphatic heterocycles. The number of ether oxygens (including phenoxy) is 2. The van der Waals surface area contributed by atoms with E-state index >= 15 is 0 Å². The number of benzene rings is 1. The number of nitrogens with zero attached hydrogens (tertiary/aromatic N) is 1. The lowest BCUT2D eigenvalue weighted by Crippen LogP contribution is -2.58. The van der Waals surface area contributed by atoms with Crippen LogP contribution in [0.3, 0.4) is 0 Å². The molecule has 0 aliphatic carbocycles. The monoisotopic (exact) mass is 557 g/mol. The minimum Gasteiger partial charge on any atom is -0.445 e. The molecule has 5 atom stereocenters. The second-order valence-electron chi connectivity index (χ2n) is 11.0. The Morgan fingerprint density at radius 3 is 2.40 bits per heavy atom. The Kier molecular flexibility index (Phi) is 12.9. The molecule has 40 heavy (non-hydrogen) atoms. The fourth-order valence-electron chi connectivity index (χ4n) is 4.55. The van der Waals surface area contributed by atoms with E-state index in [-0.39, 0.29) is 24.9 Å². The maximum absolute atomic E-state index is 13.5. The summed E-state index contributed by atoms with van der Waals surface area (Å²) < 4.78 is 11.3. The van der Waals surface area contributed by atoms with Crippen molar-refractivity contribution >= 4 is 23.8 Å². The van der Waals surface area contributed by atoms with Gasteiger partial charge >= 0.3 is 6.09 Å². The summed E-state index contributed by atoms with van der Waals surface area (Å²) in [5, 5.41) is 20.2. The number of carbonyl (C=O) groups is 4. The van der Waals surface area contributed by atoms with Gasteiger partial charge in [0.25, 0.3) is 0 Å². The van der Waals surface area contributed by atoms with Gasteiger partial charge in [0.1, 0.15) is 18.7 Å². The number of nitriles is 1. The molecule has 4 N–H and O–H groups in total. The number of alkyl carbamates (subject to hydrolysis) is 1. The van der Waals surface area contributed by atoms with E-state index in [0.717, 1.165) is 5.56 Å². The third-order valence-corrected chi connectivity index (χ3v) is 6.40. The largest absolute Gasteiger partial charge is 0.445 e. The predicted molar refractivity (Wildman–Crippen MR) is 149 cm³/mol. The molecule has 1 aromatic carbocycles. The Labute approximate surface area is 236 Å². The predicted octanol–water partition coefficient (Wildman–Crippen LogP) is 2.69. The van der Waals surface area contributed by atoms with Crippen molar-refractivity contribution in [1.82, 2.24) is 21.3 Å². The lowest BCUT2D eigenvalue weighted by Gasteiger charge is -2.31. The molecule has 1 aliphatic rings. The normalized spacial score (nSPS) is 17.9. The van der Waals surface area contributed by atoms with Crippen molar-refractivity contribution in [2.45, 2.75) is 103 Å². The number of nitrogens with one attached hydrogen (secondary N) is 4. The van der Waals surface area contributed by atoms with Gasteiger partial charge in [0.15, 0.2) is 0 Å². The topological polar surface area (TPSA) is 159 Å². The van der Waals surface area contributed by atoms with Crippen LogP contribution in [0.15, 0.2) is 30.3 Å². The zero-order chi connectivity index (χ0) is 29.7. The molecule has 1 saturated heterocycles. The summed E-state index contributed by atoms with van der Waals surface area (Å²) in [4.78, 5) is 51.3. The van der Waals surface area contributed by atoms with E-state index in [4.69, 9.17) is 9.47 Å². The highest BCUT2D eigenvalue weighted by Gasteiger charge is 2.34. The van der Waals surface area contributed by atoms with Crippen LogP contribution < -0.4 is 21.3 Å². The van der Waals surface area contributed by atoms with Gasteiger partial charge in [0.2, 0.25) is 17.7 Å². The lowest BCUT2D eigenvalue weighted by atomic mass is 9.96. The summed E-state index contributed by atoms with van der Waals surface area (Å²) in [6.07, 6.45) is 0.404. The van der Waals surface area contributed by atoms with E-state index in [1.165, 1.54) is 0 Å². The van der Waals surface area contributed by atoms with Crippen LogP contribution in [0.2, 0.25) is 0 Å². The van der Waals surface area contributed by atoms with Crippen molar-refractivity contribution in [3.05, 3.63) is 35.9 Å². The third-order valence-electron chi connectivity index (χ3n) is 6.40. The van der Waals surface area contributed by atoms with Crippen LogP contribution in [0.5, 0.6) is 0 Å². The minimum absolute atomic E-state index is 0.0235. The highest BCUT2D eigenvalue weighted by molar-refractivity contribution is 5.91. The second-order valence-corrected chi connectivity index (χ2v) is 11.0. The third kappa shape index (κ3) is 11.2. The maximum atomic E-state index is 13.5. The van der Waals surface area contributed by atoms with Crippen LogP contribution in [0.25, 0.3) is 0 Å². The Morgan fingerprint density at radius 2 is 1.82 bits per heavy atom. The van der Waals surface area contributed by atoms with Crippen molar-refractivity contribution in [3.63, 3.8) is 0 Å². The molecule has 2 rings (SSSR count). The molecule has 11 nitrogen and oxygen atoms in total. The number of hydrogen-bond donors (Lipinski definition) is 4. The molecule has 0 unspecified atom stereocenters. The summed E-state index contributed by atoms with van der Waals surface area (Å²) >= 11 is 0. The van der Waals surface area contributed by atoms with Crippen LogP contribution >= 0.6 is 0 Å². The Hall–Kier alpha value is -3.65. The fourth-order valence-corrected chi connectivity index (χ4v) is 4.55. The molecule has 0 aromatic heterocycles. The maximum Gasteiger partial charge on any atom is 0.408 e. The van der Waals surface area contributed by atoms with Crippen molar-refractivity contribution in [2.75, 3.05) is 6.54 Å². The average molecular weight is 558 g/mol. The van der Waals surface area contributed by atoms with E-state index in [1.807, 2.05) is 58.0 Å². The van der Waals surface area contributed by atoms with Gasteiger partial charge in [-0.2, -0.15) is 5.26 Å². The lowest BCUT2D eigenvalue weighted by molar-refractivity contribution is -0.135. The first-order valence-electron chi connectivity index (χ1n) is 13.8. The summed E-state index contributed by atoms with van der Waals surface area (Å²) in [6, 6.07) is 8.61. The first kappa shape index (κ1) is 32.6. The first-order valence-corrected chi connectivity index (χ1v) is 13.8. The molecular weight excluding hydrogens is 514 g/mol. The minimum atomic E-state index is -1.15. The van der Waals surface area contributed by atoms with Gasteiger partial charge in [-0.15, -0.1) is 0 Å². The van der Waals surface area contributed by atoms with Crippen LogP contribution in [0.1, 0.15) is 72.3 Å². The zero-order valence-corrected chi connectivity index (χ0v) is 24.1. The molecule has 0 radical (unpaired) electrons. The molecule has 1 fully saturated rings. The van der Waals surface area contributed by atoms with Crippen molar-refractivity contribution in [3.8, 4) is 6.07 Å². The standard InChI is InChI=1S/C29H43N5O6/c1-6-10-23(26(36)32-22(13-15-30)17-21-14-16-31-25(21)35)33-27(37)24(19(2)40-29(3,4)5)34-28(38)39-18-20-11-8-7-9-12-20/h7-9,11-12,19,21-24H,6,10,13-14,16-18H2,1-5H3,(H,31,35)(H,32,36)(H,33,37)(H,34,38)/t19-,21+,22-,23+,24+/m1/s1. The molecule has 4 amide bonds. The summed E-state index contributed by atoms with van der Waals surface area (Å²) in [6.45, 7) is 9.64. The van der Waals surface area contributed by atoms with Crippen molar-refractivity contribution < 1.29 is 28.7 Å². The summed E-state index contributed by atoms with van der Waals surface area (Å²) in [5.74, 6) is -1.42. The van der Waals surface area contributed by atoms with E-state index in [2.05, 4.69) is 27.3 Å². The highest BCUT2D eigenvalue weighted by Crippen LogP contribution is 2.18. The molecule has 0 saturated carbocycles. The molecule has 1 aromatic rings. The number of rotatable bonds is 14. The summed E-state index contributed by atoms with van der Waals surface area (Å²) in [7, 11) is 0. The van der Waals surface area contributed by atoms with E-state index in [1.54, 1.807) is 6.92 Å². The Bertz CT molecular complexity index is 1040. The van der Waals surface area contributed by atoms with Gasteiger partial charge in [-0.25, -0.2) is 4.79 Å². The Balaban J connectivity index is 2.11. The van der Waals surface area contributed by atoms with Crippen LogP contribution in [-0.2, 0) is 30.5 Å². The van der Waals surface area contributed by atoms with Gasteiger partial charge in [-0.05, 0) is 52.5 Å². The van der Waals surface area contributed by atoms with Crippen LogP contribution in [0, 0.1) is 17.2 Å². The number of hydrogen-bond acceptors (Lipinski definition) is 7. The molecular formula is C29H43N5O6. The molecule has 220 valence electrons. The Morgan fingerprint density at radius 1 is 1.12 bits per heavy atom. The van der Waals surface area contributed by atoms with Gasteiger partial charge < -0.3 is 30.7 Å². The molecule has 11 heteroatoms. The zero-order valence-electron chi connectivity index (χ0n) is 24.1. The first-order chi connectivity index (χ1) is 18.9. The quantitative estimate of drug-likeness (QED) is 0.274. The second kappa shape index (κ2) is 15.8. The SMILES string of the molecule is CCC[C@H](NC(=O)[C@@H](NC(=O)OCc1ccccc1)[C@@H](C)OC(C)(C)C)C(=O)N[C@H](CC#N)C[C@@H]1CCNC1=O. The van der Waals surface area contributed by atoms with Crippen LogP contribution in [0.4, 0.5) is 4.79 Å². The van der Waals surface area contributed by atoms with Crippen molar-refractivity contribution in [1.29, 1.82) is 5.26 Å². The van der Waals surface area contributed by atoms with Gasteiger partial charge in [0, 0.05) is 18.5 Å². The van der Waals surface area contributed by atoms with E-state index < -0.39 is 47.7 Å². The van der Waals surface area contributed by atoms with E-state index in [9.17, 15) is 24.4 Å². The van der Waals surface area contributed by atoms with Crippen molar-refractivity contribution in [2.24, 2.45) is 5.92 Å². The number of carbonyl (C=O) groups excluding carboxylic acids is 4. The molecule has 0 bridgehead atoms. The smallest absolute Gasteiger partial charge is 0.408 e. The van der Waals surface area contributed by atoms with Gasteiger partial charge in [0.05, 0.1) is 24.2 Å². The molecule has 0 spiro atoms. The van der Waals surface area contributed by atoms with E-state index in [0.29, 0.717) is 32.2 Å². The average Bonchev–Trinajstić information content (AvgIpc) is 3.29. The number of amides is 4. The van der Waals surface area contributed by atoms with Gasteiger partial charge in [-0.3, -0.25) is 14.4 Å². The fraction of sp³-hybridized carbons (Fsp3) is 0.621. The highest BCUT2D eigenvalue weighted by atomic mass is 16.6. The summed E-state index contributed by atoms with van der Waals surface area (Å²) in [5.41, 5.74) is 0.185.